The fraction of sp³-hybridized carbons (Fsp3) is 0.368. The van der Waals surface area contributed by atoms with Crippen molar-refractivity contribution in [3.8, 4) is 11.5 Å². The lowest BCUT2D eigenvalue weighted by Crippen LogP contribution is -2.37. The second kappa shape index (κ2) is 9.70. The van der Waals surface area contributed by atoms with Crippen LogP contribution < -0.4 is 10.6 Å². The third-order valence-corrected chi connectivity index (χ3v) is 5.01. The van der Waals surface area contributed by atoms with Gasteiger partial charge in [0.25, 0.3) is 5.89 Å². The summed E-state index contributed by atoms with van der Waals surface area (Å²) < 4.78 is 43.1. The fourth-order valence-electron chi connectivity index (χ4n) is 2.56. The summed E-state index contributed by atoms with van der Waals surface area (Å²) in [6.45, 7) is 2.73. The van der Waals surface area contributed by atoms with Crippen LogP contribution in [0.3, 0.4) is 0 Å². The summed E-state index contributed by atoms with van der Waals surface area (Å²) in [7, 11) is 1.60. The van der Waals surface area contributed by atoms with E-state index in [-0.39, 0.29) is 6.54 Å². The van der Waals surface area contributed by atoms with Gasteiger partial charge in [-0.2, -0.15) is 18.2 Å². The van der Waals surface area contributed by atoms with Gasteiger partial charge in [0.15, 0.2) is 17.5 Å². The summed E-state index contributed by atoms with van der Waals surface area (Å²) in [6, 6.07) is 7.82. The monoisotopic (exact) mass is 438 g/mol. The van der Waals surface area contributed by atoms with Gasteiger partial charge in [-0.05, 0) is 24.1 Å². The predicted molar refractivity (Wildman–Crippen MR) is 108 cm³/mol. The van der Waals surface area contributed by atoms with Crippen LogP contribution in [-0.2, 0) is 25.6 Å². The topological polar surface area (TPSA) is 88.2 Å². The molecule has 0 amide bonds. The molecule has 0 fully saturated rings. The first-order valence-corrected chi connectivity index (χ1v) is 10.1. The number of hydrogen-bond donors (Lipinski definition) is 2. The summed E-state index contributed by atoms with van der Waals surface area (Å²) in [6.07, 6.45) is -2.97. The van der Waals surface area contributed by atoms with Crippen LogP contribution in [0.25, 0.3) is 11.5 Å². The molecule has 0 saturated heterocycles. The van der Waals surface area contributed by atoms with Gasteiger partial charge in [0, 0.05) is 31.0 Å². The van der Waals surface area contributed by atoms with Crippen LogP contribution in [0.2, 0.25) is 0 Å². The van der Waals surface area contributed by atoms with Crippen LogP contribution in [0.4, 0.5) is 13.2 Å². The summed E-state index contributed by atoms with van der Waals surface area (Å²) >= 11 is 0.958. The molecule has 0 spiro atoms. The maximum atomic E-state index is 12.6. The van der Waals surface area contributed by atoms with E-state index in [1.54, 1.807) is 7.05 Å². The molecule has 3 aromatic rings. The van der Waals surface area contributed by atoms with Gasteiger partial charge in [0.05, 0.1) is 6.54 Å². The van der Waals surface area contributed by atoms with Crippen molar-refractivity contribution < 1.29 is 17.7 Å². The summed E-state index contributed by atoms with van der Waals surface area (Å²) in [5, 5.41) is 11.3. The van der Waals surface area contributed by atoms with E-state index in [9.17, 15) is 13.2 Å². The van der Waals surface area contributed by atoms with Crippen molar-refractivity contribution in [3.63, 3.8) is 0 Å². The normalized spacial score (nSPS) is 12.2. The highest BCUT2D eigenvalue weighted by Crippen LogP contribution is 2.29. The van der Waals surface area contributed by atoms with Gasteiger partial charge >= 0.3 is 6.18 Å². The number of alkyl halides is 3. The minimum Gasteiger partial charge on any atom is -0.356 e. The van der Waals surface area contributed by atoms with E-state index in [0.717, 1.165) is 34.3 Å². The van der Waals surface area contributed by atoms with Gasteiger partial charge in [0.2, 0.25) is 0 Å². The molecular weight excluding hydrogens is 417 g/mol. The molecule has 0 bridgehead atoms. The molecule has 2 N–H and O–H groups in total. The third kappa shape index (κ3) is 5.78. The smallest absolute Gasteiger partial charge is 0.356 e. The molecule has 0 aliphatic rings. The Bertz CT molecular complexity index is 981. The van der Waals surface area contributed by atoms with E-state index in [2.05, 4.69) is 30.8 Å². The van der Waals surface area contributed by atoms with E-state index in [4.69, 9.17) is 4.52 Å². The van der Waals surface area contributed by atoms with Gasteiger partial charge < -0.3 is 15.2 Å². The first-order chi connectivity index (χ1) is 14.4. The summed E-state index contributed by atoms with van der Waals surface area (Å²) in [5.41, 5.74) is 1.09. The maximum Gasteiger partial charge on any atom is 0.434 e. The third-order valence-electron chi connectivity index (χ3n) is 4.16. The number of rotatable bonds is 7. The Morgan fingerprint density at radius 1 is 1.17 bits per heavy atom. The molecule has 3 rings (SSSR count). The van der Waals surface area contributed by atoms with Crippen LogP contribution in [0.15, 0.2) is 39.2 Å². The van der Waals surface area contributed by atoms with E-state index < -0.39 is 11.9 Å². The minimum absolute atomic E-state index is 0.166. The van der Waals surface area contributed by atoms with Crippen molar-refractivity contribution in [2.24, 2.45) is 4.99 Å². The number of nitrogens with one attached hydrogen (secondary N) is 2. The van der Waals surface area contributed by atoms with Gasteiger partial charge in [-0.25, -0.2) is 4.98 Å². The summed E-state index contributed by atoms with van der Waals surface area (Å²) in [5.74, 6) is 1.66. The number of nitrogens with zero attached hydrogens (tertiary/aromatic N) is 4. The molecule has 2 heterocycles. The predicted octanol–water partition coefficient (Wildman–Crippen LogP) is 3.68. The molecule has 0 saturated carbocycles. The molecule has 0 atom stereocenters. The molecule has 7 nitrogen and oxygen atoms in total. The number of halogens is 3. The average molecular weight is 438 g/mol. The van der Waals surface area contributed by atoms with Crippen molar-refractivity contribution in [3.05, 3.63) is 51.7 Å². The lowest BCUT2D eigenvalue weighted by molar-refractivity contribution is -0.140. The van der Waals surface area contributed by atoms with Crippen LogP contribution in [0.5, 0.6) is 0 Å². The molecule has 0 aliphatic carbocycles. The number of aryl methyl sites for hydroxylation is 1. The van der Waals surface area contributed by atoms with E-state index in [1.807, 2.05) is 31.2 Å². The van der Waals surface area contributed by atoms with Gasteiger partial charge in [-0.1, -0.05) is 24.2 Å². The van der Waals surface area contributed by atoms with E-state index in [1.165, 1.54) is 0 Å². The van der Waals surface area contributed by atoms with Crippen LogP contribution in [0.1, 0.15) is 29.0 Å². The SMILES string of the molecule is CCc1noc(-c2ccc(CCNC(=NC)NCc3nc(C(F)(F)F)cs3)cc2)n1. The highest BCUT2D eigenvalue weighted by atomic mass is 32.1. The maximum absolute atomic E-state index is 12.6. The Balaban J connectivity index is 1.45. The second-order valence-electron chi connectivity index (χ2n) is 6.29. The number of benzene rings is 1. The molecule has 0 radical (unpaired) electrons. The first-order valence-electron chi connectivity index (χ1n) is 9.27. The fourth-order valence-corrected chi connectivity index (χ4v) is 3.30. The molecule has 11 heteroatoms. The van der Waals surface area contributed by atoms with Crippen molar-refractivity contribution in [2.45, 2.75) is 32.5 Å². The van der Waals surface area contributed by atoms with Crippen molar-refractivity contribution in [1.29, 1.82) is 0 Å². The number of thiazole rings is 1. The lowest BCUT2D eigenvalue weighted by Gasteiger charge is -2.11. The number of guanidine groups is 1. The Morgan fingerprint density at radius 3 is 2.53 bits per heavy atom. The molecule has 0 unspecified atom stereocenters. The summed E-state index contributed by atoms with van der Waals surface area (Å²) in [4.78, 5) is 12.0. The average Bonchev–Trinajstić information content (AvgIpc) is 3.40. The Kier molecular flexibility index (Phi) is 7.03. The Labute approximate surface area is 175 Å². The van der Waals surface area contributed by atoms with Crippen LogP contribution in [0, 0.1) is 0 Å². The molecule has 160 valence electrons. The van der Waals surface area contributed by atoms with E-state index >= 15 is 0 Å². The van der Waals surface area contributed by atoms with Crippen LogP contribution >= 0.6 is 11.3 Å². The zero-order valence-electron chi connectivity index (χ0n) is 16.5. The molecular formula is C19H21F3N6OS. The van der Waals surface area contributed by atoms with Crippen molar-refractivity contribution in [2.75, 3.05) is 13.6 Å². The Morgan fingerprint density at radius 2 is 1.93 bits per heavy atom. The zero-order chi connectivity index (χ0) is 21.6. The van der Waals surface area contributed by atoms with Gasteiger partial charge in [0.1, 0.15) is 5.01 Å². The molecule has 1 aromatic carbocycles. The highest BCUT2D eigenvalue weighted by molar-refractivity contribution is 7.09. The largest absolute Gasteiger partial charge is 0.434 e. The lowest BCUT2D eigenvalue weighted by atomic mass is 10.1. The Hall–Kier alpha value is -2.95. The molecule has 0 aliphatic heterocycles. The molecule has 2 aromatic heterocycles. The van der Waals surface area contributed by atoms with Gasteiger partial charge in [-0.3, -0.25) is 4.99 Å². The first kappa shape index (κ1) is 21.8. The molecule has 30 heavy (non-hydrogen) atoms. The van der Waals surface area contributed by atoms with Crippen molar-refractivity contribution in [1.82, 2.24) is 25.8 Å². The number of aromatic nitrogens is 3. The number of aliphatic imine (C=N–C) groups is 1. The standard InChI is InChI=1S/C19H21F3N6OS/c1-3-15-27-17(29-28-15)13-6-4-12(5-7-13)8-9-24-18(23-2)25-10-16-26-14(11-30-16)19(20,21)22/h4-7,11H,3,8-10H2,1-2H3,(H2,23,24,25). The van der Waals surface area contributed by atoms with Crippen LogP contribution in [-0.4, -0.2) is 34.7 Å². The highest BCUT2D eigenvalue weighted by Gasteiger charge is 2.33. The van der Waals surface area contributed by atoms with Gasteiger partial charge in [-0.15, -0.1) is 11.3 Å². The van der Waals surface area contributed by atoms with E-state index in [0.29, 0.717) is 35.6 Å². The zero-order valence-corrected chi connectivity index (χ0v) is 17.3. The van der Waals surface area contributed by atoms with Crippen molar-refractivity contribution >= 4 is 17.3 Å². The number of hydrogen-bond acceptors (Lipinski definition) is 6. The minimum atomic E-state index is -4.42. The quantitative estimate of drug-likeness (QED) is 0.432. The second-order valence-corrected chi connectivity index (χ2v) is 7.24.